The van der Waals surface area contributed by atoms with E-state index in [1.54, 1.807) is 17.5 Å². The number of carbonyl (C=O) groups excluding carboxylic acids is 2. The number of amides is 2. The predicted octanol–water partition coefficient (Wildman–Crippen LogP) is 5.35. The molecule has 186 valence electrons. The van der Waals surface area contributed by atoms with Crippen LogP contribution in [0.25, 0.3) is 21.6 Å². The summed E-state index contributed by atoms with van der Waals surface area (Å²) < 4.78 is 1.88. The summed E-state index contributed by atoms with van der Waals surface area (Å²) in [6.45, 7) is 7.65. The van der Waals surface area contributed by atoms with Crippen molar-refractivity contribution < 1.29 is 9.59 Å². The van der Waals surface area contributed by atoms with Gasteiger partial charge in [-0.3, -0.25) is 9.59 Å². The van der Waals surface area contributed by atoms with Crippen LogP contribution in [0.1, 0.15) is 80.1 Å². The van der Waals surface area contributed by atoms with Crippen LogP contribution in [0.5, 0.6) is 0 Å². The molecule has 0 unspecified atom stereocenters. The Balaban J connectivity index is 1.33. The molecule has 1 aliphatic carbocycles. The standard InChI is InChI=1S/C27H35N5O2S/c1-17(2)32-25-22(16-28-32)21(15-23(30-25)24-10-9-18(3)35-24)26(33)29-20-11-13-31(14-12-20)27(34)19-7-5-4-6-8-19/h9-10,15-17,19-20H,4-8,11-14H2,1-3H3,(H,29,33). The fraction of sp³-hybridized carbons (Fsp3) is 0.556. The number of pyridine rings is 1. The van der Waals surface area contributed by atoms with Crippen molar-refractivity contribution in [2.75, 3.05) is 13.1 Å². The van der Waals surface area contributed by atoms with Gasteiger partial charge in [-0.25, -0.2) is 9.67 Å². The zero-order valence-electron chi connectivity index (χ0n) is 20.9. The van der Waals surface area contributed by atoms with Crippen LogP contribution in [0.2, 0.25) is 0 Å². The molecule has 0 spiro atoms. The quantitative estimate of drug-likeness (QED) is 0.520. The van der Waals surface area contributed by atoms with Gasteiger partial charge in [0, 0.05) is 36.0 Å². The van der Waals surface area contributed by atoms with Gasteiger partial charge in [0.2, 0.25) is 5.91 Å². The topological polar surface area (TPSA) is 80.1 Å². The fourth-order valence-corrected chi connectivity index (χ4v) is 6.23. The Morgan fingerprint density at radius 2 is 1.83 bits per heavy atom. The van der Waals surface area contributed by atoms with Crippen LogP contribution in [-0.4, -0.2) is 50.6 Å². The molecule has 5 rings (SSSR count). The molecule has 8 heteroatoms. The maximum Gasteiger partial charge on any atom is 0.252 e. The Morgan fingerprint density at radius 3 is 2.49 bits per heavy atom. The minimum Gasteiger partial charge on any atom is -0.349 e. The van der Waals surface area contributed by atoms with Crippen LogP contribution in [-0.2, 0) is 4.79 Å². The normalized spacial score (nSPS) is 17.9. The van der Waals surface area contributed by atoms with Crippen molar-refractivity contribution in [3.63, 3.8) is 0 Å². The summed E-state index contributed by atoms with van der Waals surface area (Å²) in [5.41, 5.74) is 2.15. The average molecular weight is 494 g/mol. The second-order valence-electron chi connectivity index (χ2n) is 10.3. The first-order chi connectivity index (χ1) is 16.9. The molecule has 1 N–H and O–H groups in total. The van der Waals surface area contributed by atoms with Crippen molar-refractivity contribution in [2.24, 2.45) is 5.92 Å². The Hall–Kier alpha value is -2.74. The summed E-state index contributed by atoms with van der Waals surface area (Å²) in [6, 6.07) is 6.24. The van der Waals surface area contributed by atoms with E-state index in [1.165, 1.54) is 24.1 Å². The number of nitrogens with zero attached hydrogens (tertiary/aromatic N) is 4. The molecule has 3 aromatic heterocycles. The number of hydrogen-bond acceptors (Lipinski definition) is 5. The highest BCUT2D eigenvalue weighted by molar-refractivity contribution is 7.15. The molecule has 35 heavy (non-hydrogen) atoms. The van der Waals surface area contributed by atoms with Crippen LogP contribution >= 0.6 is 11.3 Å². The number of rotatable bonds is 5. The molecule has 2 amide bonds. The predicted molar refractivity (Wildman–Crippen MR) is 140 cm³/mol. The van der Waals surface area contributed by atoms with Crippen LogP contribution in [0.3, 0.4) is 0 Å². The third-order valence-electron chi connectivity index (χ3n) is 7.39. The van der Waals surface area contributed by atoms with Gasteiger partial charge in [-0.05, 0) is 64.7 Å². The Kier molecular flexibility index (Phi) is 6.91. The summed E-state index contributed by atoms with van der Waals surface area (Å²) in [6.07, 6.45) is 9.00. The van der Waals surface area contributed by atoms with Crippen LogP contribution in [0, 0.1) is 12.8 Å². The van der Waals surface area contributed by atoms with Crippen molar-refractivity contribution in [3.8, 4) is 10.6 Å². The first-order valence-corrected chi connectivity index (χ1v) is 13.8. The number of hydrogen-bond donors (Lipinski definition) is 1. The first-order valence-electron chi connectivity index (χ1n) is 13.0. The number of fused-ring (bicyclic) bond motifs is 1. The molecule has 0 aromatic carbocycles. The molecule has 0 atom stereocenters. The minimum absolute atomic E-state index is 0.0636. The van der Waals surface area contributed by atoms with E-state index in [-0.39, 0.29) is 23.9 Å². The fourth-order valence-electron chi connectivity index (χ4n) is 5.40. The van der Waals surface area contributed by atoms with Crippen LogP contribution < -0.4 is 5.32 Å². The lowest BCUT2D eigenvalue weighted by molar-refractivity contribution is -0.137. The Bertz CT molecular complexity index is 1220. The molecule has 0 bridgehead atoms. The highest BCUT2D eigenvalue weighted by Gasteiger charge is 2.30. The van der Waals surface area contributed by atoms with Gasteiger partial charge in [0.05, 0.1) is 27.7 Å². The minimum atomic E-state index is -0.0905. The van der Waals surface area contributed by atoms with Crippen molar-refractivity contribution >= 4 is 34.2 Å². The molecule has 4 heterocycles. The smallest absolute Gasteiger partial charge is 0.252 e. The van der Waals surface area contributed by atoms with E-state index in [2.05, 4.69) is 43.3 Å². The van der Waals surface area contributed by atoms with Crippen LogP contribution in [0.15, 0.2) is 24.4 Å². The van der Waals surface area contributed by atoms with E-state index in [9.17, 15) is 9.59 Å². The largest absolute Gasteiger partial charge is 0.349 e. The van der Waals surface area contributed by atoms with E-state index >= 15 is 0 Å². The van der Waals surface area contributed by atoms with Gasteiger partial charge in [0.15, 0.2) is 5.65 Å². The summed E-state index contributed by atoms with van der Waals surface area (Å²) in [5.74, 6) is 0.436. The molecule has 0 radical (unpaired) electrons. The Labute approximate surface area is 210 Å². The van der Waals surface area contributed by atoms with E-state index in [0.29, 0.717) is 11.5 Å². The molecule has 3 aromatic rings. The lowest BCUT2D eigenvalue weighted by atomic mass is 9.87. The maximum atomic E-state index is 13.5. The lowest BCUT2D eigenvalue weighted by Crippen LogP contribution is -2.48. The third kappa shape index (κ3) is 4.99. The van der Waals surface area contributed by atoms with Gasteiger partial charge in [-0.1, -0.05) is 19.3 Å². The van der Waals surface area contributed by atoms with E-state index in [1.807, 2.05) is 15.6 Å². The SMILES string of the molecule is Cc1ccc(-c2cc(C(=O)NC3CCN(C(=O)C4CCCCC4)CC3)c3cnn(C(C)C)c3n2)s1. The number of likely N-dealkylation sites (tertiary alicyclic amines) is 1. The number of nitrogens with one attached hydrogen (secondary N) is 1. The monoisotopic (exact) mass is 493 g/mol. The van der Waals surface area contributed by atoms with Crippen LogP contribution in [0.4, 0.5) is 0 Å². The average Bonchev–Trinajstić information content (AvgIpc) is 3.50. The molecule has 2 aliphatic rings. The number of carbonyl (C=O) groups is 2. The zero-order valence-corrected chi connectivity index (χ0v) is 21.7. The van der Waals surface area contributed by atoms with Crippen molar-refractivity contribution in [3.05, 3.63) is 34.8 Å². The molecular formula is C27H35N5O2S. The van der Waals surface area contributed by atoms with Gasteiger partial charge in [-0.15, -0.1) is 11.3 Å². The van der Waals surface area contributed by atoms with Gasteiger partial charge in [0.25, 0.3) is 5.91 Å². The highest BCUT2D eigenvalue weighted by Crippen LogP contribution is 2.31. The van der Waals surface area contributed by atoms with E-state index in [4.69, 9.17) is 4.98 Å². The van der Waals surface area contributed by atoms with E-state index in [0.717, 1.165) is 60.4 Å². The van der Waals surface area contributed by atoms with Crippen molar-refractivity contribution in [2.45, 2.75) is 77.8 Å². The highest BCUT2D eigenvalue weighted by atomic mass is 32.1. The molecule has 1 aliphatic heterocycles. The molecule has 7 nitrogen and oxygen atoms in total. The summed E-state index contributed by atoms with van der Waals surface area (Å²) in [5, 5.41) is 8.56. The second-order valence-corrected chi connectivity index (χ2v) is 11.6. The zero-order chi connectivity index (χ0) is 24.5. The molecule has 2 fully saturated rings. The summed E-state index contributed by atoms with van der Waals surface area (Å²) in [4.78, 5) is 35.6. The van der Waals surface area contributed by atoms with Crippen molar-refractivity contribution in [1.29, 1.82) is 0 Å². The number of piperidine rings is 1. The number of aryl methyl sites for hydroxylation is 1. The summed E-state index contributed by atoms with van der Waals surface area (Å²) >= 11 is 1.68. The van der Waals surface area contributed by atoms with Gasteiger partial charge < -0.3 is 10.2 Å². The maximum absolute atomic E-state index is 13.5. The van der Waals surface area contributed by atoms with Gasteiger partial charge >= 0.3 is 0 Å². The Morgan fingerprint density at radius 1 is 1.09 bits per heavy atom. The second kappa shape index (κ2) is 10.1. The summed E-state index contributed by atoms with van der Waals surface area (Å²) in [7, 11) is 0. The number of aromatic nitrogens is 3. The first kappa shape index (κ1) is 24.0. The molecule has 1 saturated carbocycles. The third-order valence-corrected chi connectivity index (χ3v) is 8.41. The van der Waals surface area contributed by atoms with E-state index < -0.39 is 0 Å². The van der Waals surface area contributed by atoms with Crippen molar-refractivity contribution in [1.82, 2.24) is 25.0 Å². The number of thiophene rings is 1. The van der Waals surface area contributed by atoms with Gasteiger partial charge in [0.1, 0.15) is 0 Å². The molecule has 1 saturated heterocycles. The molecular weight excluding hydrogens is 458 g/mol. The van der Waals surface area contributed by atoms with Gasteiger partial charge in [-0.2, -0.15) is 5.10 Å². The lowest BCUT2D eigenvalue weighted by Gasteiger charge is -2.35.